The molecule has 0 bridgehead atoms. The van der Waals surface area contributed by atoms with Gasteiger partial charge in [0, 0.05) is 43.3 Å². The molecule has 1 aliphatic rings. The molecule has 1 aromatic heterocycles. The van der Waals surface area contributed by atoms with E-state index in [9.17, 15) is 9.59 Å². The Kier molecular flexibility index (Phi) is 10.1. The van der Waals surface area contributed by atoms with E-state index in [2.05, 4.69) is 95.1 Å². The summed E-state index contributed by atoms with van der Waals surface area (Å²) in [4.78, 5) is 43.2. The van der Waals surface area contributed by atoms with E-state index >= 15 is 0 Å². The molecule has 3 aromatic rings. The zero-order valence-electron chi connectivity index (χ0n) is 31.7. The van der Waals surface area contributed by atoms with Crippen LogP contribution in [0.25, 0.3) is 28.0 Å². The maximum absolute atomic E-state index is 13.2. The smallest absolute Gasteiger partial charge is 0.228 e. The molecule has 0 aliphatic carbocycles. The molecule has 0 spiro atoms. The van der Waals surface area contributed by atoms with Crippen LogP contribution >= 0.6 is 0 Å². The molecule has 0 unspecified atom stereocenters. The highest BCUT2D eigenvalue weighted by Gasteiger charge is 2.40. The Morgan fingerprint density at radius 3 is 1.50 bits per heavy atom. The third-order valence-corrected chi connectivity index (χ3v) is 9.05. The number of aromatic nitrogens is 2. The number of H-pyrrole nitrogens is 1. The maximum Gasteiger partial charge on any atom is 0.228 e. The summed E-state index contributed by atoms with van der Waals surface area (Å²) < 4.78 is 0. The summed E-state index contributed by atoms with van der Waals surface area (Å²) in [6.07, 6.45) is 4.55. The highest BCUT2D eigenvalue weighted by Crippen LogP contribution is 2.39. The van der Waals surface area contributed by atoms with Crippen molar-refractivity contribution in [3.8, 4) is 22.4 Å². The number of hydrogen-bond donors (Lipinski definition) is 1. The van der Waals surface area contributed by atoms with Gasteiger partial charge in [-0.05, 0) is 38.7 Å². The molecule has 258 valence electrons. The minimum absolute atomic E-state index is 0.0854. The lowest BCUT2D eigenvalue weighted by molar-refractivity contribution is -0.143. The minimum atomic E-state index is -0.480. The van der Waals surface area contributed by atoms with Crippen LogP contribution in [0.4, 0.5) is 0 Å². The summed E-state index contributed by atoms with van der Waals surface area (Å²) >= 11 is 0. The van der Waals surface area contributed by atoms with Crippen molar-refractivity contribution in [2.24, 2.45) is 26.7 Å². The quantitative estimate of drug-likeness (QED) is 0.276. The van der Waals surface area contributed by atoms with Gasteiger partial charge in [0.2, 0.25) is 11.8 Å². The van der Waals surface area contributed by atoms with Gasteiger partial charge in [0.05, 0.1) is 24.0 Å². The van der Waals surface area contributed by atoms with E-state index in [1.807, 2.05) is 77.8 Å². The van der Waals surface area contributed by atoms with Gasteiger partial charge in [-0.25, -0.2) is 4.98 Å². The molecule has 1 N–H and O–H groups in total. The first kappa shape index (κ1) is 36.8. The Bertz CT molecular complexity index is 1680. The number of nitrogens with zero attached hydrogens (tertiary/aromatic N) is 4. The van der Waals surface area contributed by atoms with Crippen LogP contribution in [0.5, 0.6) is 0 Å². The van der Waals surface area contributed by atoms with Crippen LogP contribution in [-0.4, -0.2) is 57.4 Å². The molecule has 4 rings (SSSR count). The fraction of sp³-hybridized carbons (Fsp3) is 0.512. The molecule has 0 saturated carbocycles. The first-order valence-electron chi connectivity index (χ1n) is 17.1. The van der Waals surface area contributed by atoms with Gasteiger partial charge < -0.3 is 14.8 Å². The number of rotatable bonds is 7. The molecule has 7 nitrogen and oxygen atoms in total. The van der Waals surface area contributed by atoms with Crippen LogP contribution in [0.3, 0.4) is 0 Å². The van der Waals surface area contributed by atoms with E-state index in [0.29, 0.717) is 0 Å². The van der Waals surface area contributed by atoms with Gasteiger partial charge in [0.25, 0.3) is 0 Å². The molecule has 2 atom stereocenters. The predicted octanol–water partition coefficient (Wildman–Crippen LogP) is 9.44. The van der Waals surface area contributed by atoms with Crippen LogP contribution in [0.2, 0.25) is 0 Å². The predicted molar refractivity (Wildman–Crippen MR) is 199 cm³/mol. The number of aromatic amines is 1. The molecular weight excluding hydrogens is 594 g/mol. The lowest BCUT2D eigenvalue weighted by atomic mass is 9.80. The maximum atomic E-state index is 13.2. The average molecular weight is 652 g/mol. The van der Waals surface area contributed by atoms with E-state index in [-0.39, 0.29) is 34.7 Å². The second-order valence-electron chi connectivity index (χ2n) is 17.7. The first-order chi connectivity index (χ1) is 22.0. The molecule has 48 heavy (non-hydrogen) atoms. The molecular formula is C41H57N5O2. The molecule has 0 fully saturated rings. The second-order valence-corrected chi connectivity index (χ2v) is 17.7. The number of nitrogens with one attached hydrogen (secondary N) is 1. The van der Waals surface area contributed by atoms with Gasteiger partial charge in [-0.2, -0.15) is 0 Å². The monoisotopic (exact) mass is 651 g/mol. The fourth-order valence-electron chi connectivity index (χ4n) is 6.90. The summed E-state index contributed by atoms with van der Waals surface area (Å²) in [7, 11) is 3.78. The second kappa shape index (κ2) is 13.1. The van der Waals surface area contributed by atoms with Crippen molar-refractivity contribution in [3.63, 3.8) is 0 Å². The number of amides is 2. The van der Waals surface area contributed by atoms with E-state index < -0.39 is 10.8 Å². The summed E-state index contributed by atoms with van der Waals surface area (Å²) in [6, 6.07) is 16.8. The number of carbonyl (C=O) groups is 2. The zero-order valence-corrected chi connectivity index (χ0v) is 31.7. The number of allylic oxidation sites excluding steroid dienone is 1. The SMILES string of the molecule is CN(C(=O)C(C)(C)C)[C@H](C1=NC=C(c2ccc(-c3ccc(-c4cnc([C@@H](N(C)C(=O)C(C)(C)C)C(C)(C)C)[nH]4)cc3)cc2)C1)C(C)(C)C. The highest BCUT2D eigenvalue weighted by atomic mass is 16.2. The third kappa shape index (κ3) is 7.99. The largest absolute Gasteiger partial charge is 0.340 e. The van der Waals surface area contributed by atoms with Gasteiger partial charge in [0.15, 0.2) is 0 Å². The van der Waals surface area contributed by atoms with Gasteiger partial charge in [-0.15, -0.1) is 0 Å². The van der Waals surface area contributed by atoms with E-state index in [1.54, 1.807) is 0 Å². The Morgan fingerprint density at radius 1 is 0.646 bits per heavy atom. The van der Waals surface area contributed by atoms with Crippen molar-refractivity contribution in [3.05, 3.63) is 72.3 Å². The van der Waals surface area contributed by atoms with Crippen LogP contribution in [0, 0.1) is 21.7 Å². The molecule has 0 saturated heterocycles. The van der Waals surface area contributed by atoms with Crippen LogP contribution in [-0.2, 0) is 9.59 Å². The normalized spacial score (nSPS) is 15.5. The van der Waals surface area contributed by atoms with E-state index in [0.717, 1.165) is 51.5 Å². The summed E-state index contributed by atoms with van der Waals surface area (Å²) in [5, 5.41) is 0. The Balaban J connectivity index is 1.48. The van der Waals surface area contributed by atoms with Gasteiger partial charge in [0.1, 0.15) is 5.82 Å². The Morgan fingerprint density at radius 2 is 1.06 bits per heavy atom. The van der Waals surface area contributed by atoms with Gasteiger partial charge >= 0.3 is 0 Å². The number of hydrogen-bond acceptors (Lipinski definition) is 4. The van der Waals surface area contributed by atoms with Crippen molar-refractivity contribution >= 4 is 23.1 Å². The van der Waals surface area contributed by atoms with Crippen LogP contribution in [0.15, 0.2) is 65.9 Å². The van der Waals surface area contributed by atoms with Crippen LogP contribution in [0.1, 0.15) is 107 Å². The number of benzene rings is 2. The van der Waals surface area contributed by atoms with Crippen molar-refractivity contribution in [2.75, 3.05) is 14.1 Å². The zero-order chi connectivity index (χ0) is 36.0. The average Bonchev–Trinajstić information content (AvgIpc) is 3.65. The van der Waals surface area contributed by atoms with E-state index in [1.165, 1.54) is 0 Å². The lowest BCUT2D eigenvalue weighted by Crippen LogP contribution is -2.52. The summed E-state index contributed by atoms with van der Waals surface area (Å²) in [5.74, 6) is 0.991. The number of imidazole rings is 1. The molecule has 1 aliphatic heterocycles. The van der Waals surface area contributed by atoms with Gasteiger partial charge in [-0.1, -0.05) is 132 Å². The minimum Gasteiger partial charge on any atom is -0.340 e. The van der Waals surface area contributed by atoms with Gasteiger partial charge in [-0.3, -0.25) is 14.6 Å². The number of aliphatic imine (C=N–C) groups is 1. The van der Waals surface area contributed by atoms with E-state index in [4.69, 9.17) is 9.98 Å². The van der Waals surface area contributed by atoms with Crippen molar-refractivity contribution in [1.29, 1.82) is 0 Å². The highest BCUT2D eigenvalue weighted by molar-refractivity contribution is 6.03. The Hall–Kier alpha value is -4.00. The van der Waals surface area contributed by atoms with Crippen molar-refractivity contribution in [1.82, 2.24) is 19.8 Å². The number of carbonyl (C=O) groups excluding carboxylic acids is 2. The van der Waals surface area contributed by atoms with Crippen LogP contribution < -0.4 is 0 Å². The molecule has 0 radical (unpaired) electrons. The molecule has 2 aromatic carbocycles. The van der Waals surface area contributed by atoms with Crippen molar-refractivity contribution < 1.29 is 9.59 Å². The summed E-state index contributed by atoms with van der Waals surface area (Å²) in [5.41, 5.74) is 6.25. The third-order valence-electron chi connectivity index (χ3n) is 9.05. The molecule has 2 heterocycles. The Labute approximate surface area is 289 Å². The van der Waals surface area contributed by atoms with Crippen molar-refractivity contribution in [2.45, 2.75) is 102 Å². The standard InChI is InChI=1S/C41H57N5O2/c1-38(2,3)33(45(13)36(47)40(7,8)9)31-23-30(24-42-31)28-17-15-26(16-18-28)27-19-21-29(22-20-27)32-25-43-35(44-32)34(39(4,5)6)46(14)37(48)41(10,11)12/h15-22,24-25,33-34H,23H2,1-14H3,(H,43,44)/t33-,34-/m1/s1. The molecule has 2 amide bonds. The lowest BCUT2D eigenvalue weighted by Gasteiger charge is -2.41. The fourth-order valence-corrected chi connectivity index (χ4v) is 6.90. The first-order valence-corrected chi connectivity index (χ1v) is 17.1. The topological polar surface area (TPSA) is 81.7 Å². The summed E-state index contributed by atoms with van der Waals surface area (Å²) in [6.45, 7) is 24.7. The molecule has 7 heteroatoms.